The number of aliphatic hydroxyl groups is 1. The van der Waals surface area contributed by atoms with E-state index in [4.69, 9.17) is 5.73 Å². The fraction of sp³-hybridized carbons (Fsp3) is 0.533. The van der Waals surface area contributed by atoms with Gasteiger partial charge in [-0.2, -0.15) is 15.1 Å². The summed E-state index contributed by atoms with van der Waals surface area (Å²) in [6, 6.07) is 4.44. The first-order valence-electron chi connectivity index (χ1n) is 8.04. The molecule has 23 heavy (non-hydrogen) atoms. The maximum atomic E-state index is 9.27. The van der Waals surface area contributed by atoms with Gasteiger partial charge in [-0.25, -0.2) is 0 Å². The molecule has 1 aliphatic heterocycles. The third-order valence-electron chi connectivity index (χ3n) is 4.21. The smallest absolute Gasteiger partial charge is 0.223 e. The summed E-state index contributed by atoms with van der Waals surface area (Å²) in [7, 11) is 0. The van der Waals surface area contributed by atoms with Gasteiger partial charge >= 0.3 is 0 Å². The summed E-state index contributed by atoms with van der Waals surface area (Å²) in [5, 5.41) is 17.1. The van der Waals surface area contributed by atoms with Crippen LogP contribution in [-0.2, 0) is 19.7 Å². The lowest BCUT2D eigenvalue weighted by Gasteiger charge is -2.22. The highest BCUT2D eigenvalue weighted by Gasteiger charge is 2.23. The third kappa shape index (κ3) is 3.07. The van der Waals surface area contributed by atoms with E-state index < -0.39 is 0 Å². The van der Waals surface area contributed by atoms with Crippen molar-refractivity contribution in [2.24, 2.45) is 0 Å². The Kier molecular flexibility index (Phi) is 3.53. The number of aromatic nitrogens is 4. The Labute approximate surface area is 134 Å². The van der Waals surface area contributed by atoms with Crippen LogP contribution in [0.3, 0.4) is 0 Å². The molecule has 0 bridgehead atoms. The molecule has 8 nitrogen and oxygen atoms in total. The first-order chi connectivity index (χ1) is 11.2. The highest BCUT2D eigenvalue weighted by Crippen LogP contribution is 2.27. The fourth-order valence-electron chi connectivity index (χ4n) is 2.92. The molecule has 0 aromatic carbocycles. The number of rotatable bonds is 4. The van der Waals surface area contributed by atoms with E-state index in [9.17, 15) is 5.11 Å². The van der Waals surface area contributed by atoms with Gasteiger partial charge in [0, 0.05) is 25.2 Å². The van der Waals surface area contributed by atoms with Crippen molar-refractivity contribution in [3.8, 4) is 0 Å². The fourth-order valence-corrected chi connectivity index (χ4v) is 2.92. The average molecular weight is 315 g/mol. The number of hydrogen-bond acceptors (Lipinski definition) is 7. The van der Waals surface area contributed by atoms with E-state index in [0.717, 1.165) is 36.8 Å². The van der Waals surface area contributed by atoms with Gasteiger partial charge in [0.05, 0.1) is 24.5 Å². The van der Waals surface area contributed by atoms with Crippen LogP contribution in [0.5, 0.6) is 0 Å². The SMILES string of the molecule is Nc1nc(NC2CC2)cc(N2CCCn3nc(CO)cc3C2)n1. The Morgan fingerprint density at radius 3 is 2.91 bits per heavy atom. The van der Waals surface area contributed by atoms with Crippen LogP contribution in [0.25, 0.3) is 0 Å². The number of nitrogen functional groups attached to an aromatic ring is 1. The molecule has 0 saturated heterocycles. The molecule has 0 spiro atoms. The highest BCUT2D eigenvalue weighted by molar-refractivity contribution is 5.53. The lowest BCUT2D eigenvalue weighted by Crippen LogP contribution is -2.24. The van der Waals surface area contributed by atoms with Crippen molar-refractivity contribution in [2.45, 2.75) is 45.0 Å². The minimum Gasteiger partial charge on any atom is -0.390 e. The van der Waals surface area contributed by atoms with Crippen molar-refractivity contribution in [3.63, 3.8) is 0 Å². The predicted octanol–water partition coefficient (Wildman–Crippen LogP) is 0.732. The molecule has 3 heterocycles. The van der Waals surface area contributed by atoms with E-state index in [2.05, 4.69) is 25.3 Å². The molecule has 0 unspecified atom stereocenters. The van der Waals surface area contributed by atoms with E-state index >= 15 is 0 Å². The van der Waals surface area contributed by atoms with Crippen LogP contribution in [0.4, 0.5) is 17.6 Å². The summed E-state index contributed by atoms with van der Waals surface area (Å²) in [6.07, 6.45) is 3.34. The van der Waals surface area contributed by atoms with Crippen LogP contribution in [0.1, 0.15) is 30.7 Å². The van der Waals surface area contributed by atoms with Crippen LogP contribution in [-0.4, -0.2) is 37.4 Å². The summed E-state index contributed by atoms with van der Waals surface area (Å²) < 4.78 is 1.97. The lowest BCUT2D eigenvalue weighted by atomic mass is 10.3. The molecule has 2 aliphatic rings. The Morgan fingerprint density at radius 2 is 2.13 bits per heavy atom. The van der Waals surface area contributed by atoms with Crippen molar-refractivity contribution in [1.29, 1.82) is 0 Å². The molecule has 4 N–H and O–H groups in total. The Hall–Kier alpha value is -2.35. The number of fused-ring (bicyclic) bond motifs is 1. The first kappa shape index (κ1) is 14.3. The molecule has 2 aromatic heterocycles. The second-order valence-electron chi connectivity index (χ2n) is 6.17. The molecule has 122 valence electrons. The van der Waals surface area contributed by atoms with Gasteiger partial charge in [-0.3, -0.25) is 4.68 Å². The Morgan fingerprint density at radius 1 is 1.26 bits per heavy atom. The van der Waals surface area contributed by atoms with E-state index in [-0.39, 0.29) is 6.61 Å². The van der Waals surface area contributed by atoms with E-state index in [1.165, 1.54) is 12.8 Å². The molecule has 1 aliphatic carbocycles. The van der Waals surface area contributed by atoms with E-state index in [1.54, 1.807) is 0 Å². The number of nitrogens with two attached hydrogens (primary N) is 1. The van der Waals surface area contributed by atoms with Crippen LogP contribution in [0.2, 0.25) is 0 Å². The van der Waals surface area contributed by atoms with Crippen molar-refractivity contribution < 1.29 is 5.11 Å². The Balaban J connectivity index is 1.60. The lowest BCUT2D eigenvalue weighted by molar-refractivity contribution is 0.275. The number of hydrogen-bond donors (Lipinski definition) is 3. The quantitative estimate of drug-likeness (QED) is 0.764. The van der Waals surface area contributed by atoms with Crippen LogP contribution < -0.4 is 16.0 Å². The van der Waals surface area contributed by atoms with E-state index in [1.807, 2.05) is 16.8 Å². The third-order valence-corrected chi connectivity index (χ3v) is 4.21. The van der Waals surface area contributed by atoms with Crippen molar-refractivity contribution in [3.05, 3.63) is 23.5 Å². The molecule has 2 aromatic rings. The predicted molar refractivity (Wildman–Crippen MR) is 86.9 cm³/mol. The molecule has 1 saturated carbocycles. The van der Waals surface area contributed by atoms with Gasteiger partial charge in [0.25, 0.3) is 0 Å². The van der Waals surface area contributed by atoms with E-state index in [0.29, 0.717) is 24.2 Å². The molecule has 1 fully saturated rings. The number of nitrogens with zero attached hydrogens (tertiary/aromatic N) is 5. The summed E-state index contributed by atoms with van der Waals surface area (Å²) in [6.45, 7) is 2.40. The van der Waals surface area contributed by atoms with Crippen LogP contribution >= 0.6 is 0 Å². The second kappa shape index (κ2) is 5.69. The Bertz CT molecular complexity index is 710. The van der Waals surface area contributed by atoms with Crippen molar-refractivity contribution in [1.82, 2.24) is 19.7 Å². The zero-order valence-electron chi connectivity index (χ0n) is 12.9. The maximum absolute atomic E-state index is 9.27. The standard InChI is InChI=1S/C15H21N7O/c16-15-18-13(17-10-2-3-10)7-14(19-15)21-4-1-5-22-12(8-21)6-11(9-23)20-22/h6-7,10,23H,1-5,8-9H2,(H3,16,17,18,19). The number of anilines is 3. The van der Waals surface area contributed by atoms with Gasteiger partial charge in [0.15, 0.2) is 0 Å². The largest absolute Gasteiger partial charge is 0.390 e. The molecular weight excluding hydrogens is 294 g/mol. The molecule has 0 radical (unpaired) electrons. The van der Waals surface area contributed by atoms with Crippen molar-refractivity contribution >= 4 is 17.6 Å². The zero-order valence-corrected chi connectivity index (χ0v) is 12.9. The average Bonchev–Trinajstić information content (AvgIpc) is 3.29. The number of aryl methyl sites for hydroxylation is 1. The molecule has 0 atom stereocenters. The highest BCUT2D eigenvalue weighted by atomic mass is 16.3. The second-order valence-corrected chi connectivity index (χ2v) is 6.17. The zero-order chi connectivity index (χ0) is 15.8. The number of nitrogens with one attached hydrogen (secondary N) is 1. The summed E-state index contributed by atoms with van der Waals surface area (Å²) in [4.78, 5) is 10.9. The summed E-state index contributed by atoms with van der Waals surface area (Å²) in [5.74, 6) is 1.92. The van der Waals surface area contributed by atoms with Crippen LogP contribution in [0, 0.1) is 0 Å². The van der Waals surface area contributed by atoms with Crippen LogP contribution in [0.15, 0.2) is 12.1 Å². The maximum Gasteiger partial charge on any atom is 0.223 e. The van der Waals surface area contributed by atoms with Gasteiger partial charge in [-0.1, -0.05) is 0 Å². The van der Waals surface area contributed by atoms with Gasteiger partial charge in [0.2, 0.25) is 5.95 Å². The molecular formula is C15H21N7O. The molecule has 4 rings (SSSR count). The van der Waals surface area contributed by atoms with Gasteiger partial charge in [-0.05, 0) is 25.3 Å². The van der Waals surface area contributed by atoms with Gasteiger partial charge in [-0.15, -0.1) is 0 Å². The molecule has 0 amide bonds. The molecule has 8 heteroatoms. The number of aliphatic hydroxyl groups excluding tert-OH is 1. The first-order valence-corrected chi connectivity index (χ1v) is 8.04. The van der Waals surface area contributed by atoms with Gasteiger partial charge < -0.3 is 21.1 Å². The topological polar surface area (TPSA) is 105 Å². The van der Waals surface area contributed by atoms with Crippen molar-refractivity contribution in [2.75, 3.05) is 22.5 Å². The monoisotopic (exact) mass is 315 g/mol. The normalized spacial score (nSPS) is 17.7. The minimum absolute atomic E-state index is 0.0318. The minimum atomic E-state index is -0.0318. The van der Waals surface area contributed by atoms with Gasteiger partial charge in [0.1, 0.15) is 11.6 Å². The summed E-state index contributed by atoms with van der Waals surface area (Å²) in [5.41, 5.74) is 7.67. The summed E-state index contributed by atoms with van der Waals surface area (Å²) >= 11 is 0.